The van der Waals surface area contributed by atoms with Gasteiger partial charge in [0.25, 0.3) is 0 Å². The fourth-order valence-electron chi connectivity index (χ4n) is 2.66. The Balaban J connectivity index is 2.57. The number of ether oxygens (including phenoxy) is 2. The third kappa shape index (κ3) is 5.71. The fourth-order valence-corrected chi connectivity index (χ4v) is 2.66. The molecule has 2 N–H and O–H groups in total. The van der Waals surface area contributed by atoms with Gasteiger partial charge in [-0.15, -0.1) is 0 Å². The van der Waals surface area contributed by atoms with E-state index in [-0.39, 0.29) is 11.8 Å². The van der Waals surface area contributed by atoms with Gasteiger partial charge in [0.05, 0.1) is 6.54 Å². The Morgan fingerprint density at radius 1 is 1.10 bits per heavy atom. The van der Waals surface area contributed by atoms with Crippen molar-refractivity contribution in [2.24, 2.45) is 5.73 Å². The van der Waals surface area contributed by atoms with Gasteiger partial charge in [0, 0.05) is 58.9 Å². The van der Waals surface area contributed by atoms with E-state index in [0.29, 0.717) is 39.1 Å². The van der Waals surface area contributed by atoms with Crippen LogP contribution >= 0.6 is 0 Å². The molecule has 1 aliphatic rings. The van der Waals surface area contributed by atoms with E-state index in [1.165, 1.54) is 4.90 Å². The van der Waals surface area contributed by atoms with Gasteiger partial charge in [0.1, 0.15) is 0 Å². The lowest BCUT2D eigenvalue weighted by atomic mass is 9.94. The normalized spacial score (nSPS) is 21.7. The second kappa shape index (κ2) is 7.73. The number of halogens is 3. The summed E-state index contributed by atoms with van der Waals surface area (Å²) in [6, 6.07) is 0. The van der Waals surface area contributed by atoms with Gasteiger partial charge in [-0.1, -0.05) is 0 Å². The molecule has 1 fully saturated rings. The number of methoxy groups -OCH3 is 2. The second-order valence-electron chi connectivity index (χ2n) is 5.68. The largest absolute Gasteiger partial charge is 0.401 e. The molecule has 0 amide bonds. The minimum absolute atomic E-state index is 0.346. The summed E-state index contributed by atoms with van der Waals surface area (Å²) < 4.78 is 47.6. The molecule has 0 aromatic rings. The highest BCUT2D eigenvalue weighted by atomic mass is 19.4. The Hall–Kier alpha value is -0.410. The van der Waals surface area contributed by atoms with E-state index in [1.54, 1.807) is 14.2 Å². The van der Waals surface area contributed by atoms with Crippen LogP contribution < -0.4 is 5.73 Å². The van der Waals surface area contributed by atoms with Crippen molar-refractivity contribution in [3.63, 3.8) is 0 Å². The maximum atomic E-state index is 12.4. The average molecular weight is 313 g/mol. The van der Waals surface area contributed by atoms with E-state index in [1.807, 2.05) is 6.92 Å². The minimum Gasteiger partial charge on any atom is -0.356 e. The van der Waals surface area contributed by atoms with Crippen molar-refractivity contribution in [3.8, 4) is 0 Å². The third-order valence-corrected chi connectivity index (χ3v) is 4.11. The molecule has 0 spiro atoms. The summed E-state index contributed by atoms with van der Waals surface area (Å²) in [5.74, 6) is 0. The standard InChI is InChI=1S/C13H26F3N3O2/c1-12(9-17,8-11(20-2)21-3)19-6-4-18(5-7-19)10-13(14,15)16/h11H,4-10,17H2,1-3H3. The summed E-state index contributed by atoms with van der Waals surface area (Å²) in [7, 11) is 3.12. The van der Waals surface area contributed by atoms with Gasteiger partial charge in [0.15, 0.2) is 6.29 Å². The summed E-state index contributed by atoms with van der Waals surface area (Å²) in [5, 5.41) is 0. The molecule has 1 aliphatic heterocycles. The maximum Gasteiger partial charge on any atom is 0.401 e. The van der Waals surface area contributed by atoms with Crippen molar-refractivity contribution in [3.05, 3.63) is 0 Å². The maximum absolute atomic E-state index is 12.4. The van der Waals surface area contributed by atoms with Gasteiger partial charge in [-0.25, -0.2) is 0 Å². The van der Waals surface area contributed by atoms with Crippen molar-refractivity contribution in [2.75, 3.05) is 53.5 Å². The van der Waals surface area contributed by atoms with Crippen LogP contribution in [0.15, 0.2) is 0 Å². The quantitative estimate of drug-likeness (QED) is 0.708. The van der Waals surface area contributed by atoms with E-state index < -0.39 is 12.7 Å². The van der Waals surface area contributed by atoms with Crippen LogP contribution in [0.5, 0.6) is 0 Å². The number of rotatable bonds is 7. The molecule has 126 valence electrons. The number of nitrogens with two attached hydrogens (primary N) is 1. The third-order valence-electron chi connectivity index (χ3n) is 4.11. The average Bonchev–Trinajstić information content (AvgIpc) is 2.43. The Bertz CT molecular complexity index is 306. The molecule has 0 aromatic heterocycles. The van der Waals surface area contributed by atoms with Crippen LogP contribution in [0.25, 0.3) is 0 Å². The van der Waals surface area contributed by atoms with Crippen LogP contribution in [0.2, 0.25) is 0 Å². The summed E-state index contributed by atoms with van der Waals surface area (Å²) in [6.07, 6.45) is -3.93. The minimum atomic E-state index is -4.14. The molecule has 1 unspecified atom stereocenters. The summed E-state index contributed by atoms with van der Waals surface area (Å²) >= 11 is 0. The summed E-state index contributed by atoms with van der Waals surface area (Å²) in [6.45, 7) is 3.44. The molecule has 0 aromatic carbocycles. The molecular formula is C13H26F3N3O2. The molecule has 1 rings (SSSR count). The lowest BCUT2D eigenvalue weighted by Crippen LogP contribution is -2.60. The number of hydrogen-bond donors (Lipinski definition) is 1. The number of piperazine rings is 1. The molecule has 0 bridgehead atoms. The summed E-state index contributed by atoms with van der Waals surface area (Å²) in [5.41, 5.74) is 5.54. The predicted octanol–water partition coefficient (Wildman–Crippen LogP) is 0.893. The molecule has 1 saturated heterocycles. The Labute approximate surface area is 124 Å². The number of alkyl halides is 3. The van der Waals surface area contributed by atoms with Gasteiger partial charge >= 0.3 is 6.18 Å². The lowest BCUT2D eigenvalue weighted by Gasteiger charge is -2.46. The molecular weight excluding hydrogens is 287 g/mol. The SMILES string of the molecule is COC(CC(C)(CN)N1CCN(CC(F)(F)F)CC1)OC. The summed E-state index contributed by atoms with van der Waals surface area (Å²) in [4.78, 5) is 3.56. The lowest BCUT2D eigenvalue weighted by molar-refractivity contribution is -0.154. The molecule has 5 nitrogen and oxygen atoms in total. The van der Waals surface area contributed by atoms with Crippen LogP contribution in [0.4, 0.5) is 13.2 Å². The molecule has 21 heavy (non-hydrogen) atoms. The van der Waals surface area contributed by atoms with Crippen molar-refractivity contribution >= 4 is 0 Å². The Kier molecular flexibility index (Phi) is 6.86. The van der Waals surface area contributed by atoms with Crippen LogP contribution in [-0.4, -0.2) is 81.3 Å². The monoisotopic (exact) mass is 313 g/mol. The van der Waals surface area contributed by atoms with Crippen molar-refractivity contribution in [2.45, 2.75) is 31.3 Å². The Morgan fingerprint density at radius 3 is 2.00 bits per heavy atom. The predicted molar refractivity (Wildman–Crippen MR) is 74.0 cm³/mol. The van der Waals surface area contributed by atoms with Gasteiger partial charge in [-0.2, -0.15) is 13.2 Å². The van der Waals surface area contributed by atoms with Crippen LogP contribution in [0.3, 0.4) is 0 Å². The Morgan fingerprint density at radius 2 is 1.62 bits per heavy atom. The second-order valence-corrected chi connectivity index (χ2v) is 5.68. The zero-order valence-electron chi connectivity index (χ0n) is 12.9. The first-order chi connectivity index (χ1) is 9.74. The van der Waals surface area contributed by atoms with E-state index in [2.05, 4.69) is 4.90 Å². The first-order valence-corrected chi connectivity index (χ1v) is 7.04. The molecule has 0 radical (unpaired) electrons. The molecule has 8 heteroatoms. The van der Waals surface area contributed by atoms with Gasteiger partial charge in [0.2, 0.25) is 0 Å². The van der Waals surface area contributed by atoms with E-state index in [9.17, 15) is 13.2 Å². The molecule has 0 saturated carbocycles. The van der Waals surface area contributed by atoms with Gasteiger partial charge in [-0.05, 0) is 6.92 Å². The van der Waals surface area contributed by atoms with Crippen LogP contribution in [0.1, 0.15) is 13.3 Å². The highest BCUT2D eigenvalue weighted by Crippen LogP contribution is 2.25. The van der Waals surface area contributed by atoms with Crippen LogP contribution in [-0.2, 0) is 9.47 Å². The highest BCUT2D eigenvalue weighted by molar-refractivity contribution is 4.91. The fraction of sp³-hybridized carbons (Fsp3) is 1.00. The zero-order chi connectivity index (χ0) is 16.1. The van der Waals surface area contributed by atoms with E-state index in [4.69, 9.17) is 15.2 Å². The molecule has 0 aliphatic carbocycles. The van der Waals surface area contributed by atoms with Gasteiger partial charge < -0.3 is 15.2 Å². The smallest absolute Gasteiger partial charge is 0.356 e. The van der Waals surface area contributed by atoms with Crippen molar-refractivity contribution in [1.29, 1.82) is 0 Å². The van der Waals surface area contributed by atoms with E-state index >= 15 is 0 Å². The molecule has 1 heterocycles. The zero-order valence-corrected chi connectivity index (χ0v) is 12.9. The highest BCUT2D eigenvalue weighted by Gasteiger charge is 2.38. The van der Waals surface area contributed by atoms with E-state index in [0.717, 1.165) is 0 Å². The number of nitrogens with zero attached hydrogens (tertiary/aromatic N) is 2. The first kappa shape index (κ1) is 18.6. The van der Waals surface area contributed by atoms with Crippen LogP contribution in [0, 0.1) is 0 Å². The number of hydrogen-bond acceptors (Lipinski definition) is 5. The van der Waals surface area contributed by atoms with Crippen molar-refractivity contribution < 1.29 is 22.6 Å². The topological polar surface area (TPSA) is 51.0 Å². The molecule has 1 atom stereocenters. The van der Waals surface area contributed by atoms with Crippen molar-refractivity contribution in [1.82, 2.24) is 9.80 Å². The van der Waals surface area contributed by atoms with Gasteiger partial charge in [-0.3, -0.25) is 9.80 Å². The first-order valence-electron chi connectivity index (χ1n) is 7.04.